The van der Waals surface area contributed by atoms with Gasteiger partial charge in [-0.1, -0.05) is 36.7 Å². The third-order valence-electron chi connectivity index (χ3n) is 4.39. The fourth-order valence-corrected chi connectivity index (χ4v) is 3.24. The zero-order valence-electron chi connectivity index (χ0n) is 12.6. The molecule has 1 amide bonds. The molecule has 0 spiro atoms. The summed E-state index contributed by atoms with van der Waals surface area (Å²) < 4.78 is 1.000. The average Bonchev–Trinajstić information content (AvgIpc) is 2.39. The van der Waals surface area contributed by atoms with Gasteiger partial charge >= 0.3 is 0 Å². The van der Waals surface area contributed by atoms with E-state index in [9.17, 15) is 4.79 Å². The standard InChI is InChI=1S/C17H24BrNO/c1-17(2,3)13-6-10-15(11-7-13)19-16(20)12-4-8-14(18)9-5-12/h4-5,8-9,13,15H,6-7,10-11H2,1-3H3,(H,19,20). The second-order valence-corrected chi connectivity index (χ2v) is 7.81. The van der Waals surface area contributed by atoms with Crippen molar-refractivity contribution < 1.29 is 4.79 Å². The molecule has 1 saturated carbocycles. The van der Waals surface area contributed by atoms with Gasteiger partial charge in [0, 0.05) is 16.1 Å². The first kappa shape index (κ1) is 15.6. The van der Waals surface area contributed by atoms with Crippen molar-refractivity contribution in [2.45, 2.75) is 52.5 Å². The van der Waals surface area contributed by atoms with Gasteiger partial charge in [0.1, 0.15) is 0 Å². The van der Waals surface area contributed by atoms with Crippen LogP contribution in [0.1, 0.15) is 56.8 Å². The maximum Gasteiger partial charge on any atom is 0.251 e. The van der Waals surface area contributed by atoms with Crippen LogP contribution in [-0.2, 0) is 0 Å². The highest BCUT2D eigenvalue weighted by Gasteiger charge is 2.30. The van der Waals surface area contributed by atoms with Gasteiger partial charge in [0.2, 0.25) is 0 Å². The summed E-state index contributed by atoms with van der Waals surface area (Å²) in [5.41, 5.74) is 1.13. The molecule has 1 aliphatic rings. The Balaban J connectivity index is 1.86. The van der Waals surface area contributed by atoms with Crippen LogP contribution in [0.4, 0.5) is 0 Å². The van der Waals surface area contributed by atoms with Gasteiger partial charge in [-0.2, -0.15) is 0 Å². The second-order valence-electron chi connectivity index (χ2n) is 6.89. The van der Waals surface area contributed by atoms with Crippen molar-refractivity contribution in [3.05, 3.63) is 34.3 Å². The summed E-state index contributed by atoms with van der Waals surface area (Å²) in [5, 5.41) is 3.17. The number of hydrogen-bond donors (Lipinski definition) is 1. The lowest BCUT2D eigenvalue weighted by molar-refractivity contribution is 0.0904. The minimum absolute atomic E-state index is 0.0525. The van der Waals surface area contributed by atoms with E-state index in [1.807, 2.05) is 24.3 Å². The Morgan fingerprint density at radius 2 is 1.65 bits per heavy atom. The van der Waals surface area contributed by atoms with Gasteiger partial charge in [0.05, 0.1) is 0 Å². The Hall–Kier alpha value is -0.830. The van der Waals surface area contributed by atoms with Crippen LogP contribution in [0.25, 0.3) is 0 Å². The van der Waals surface area contributed by atoms with E-state index in [1.165, 1.54) is 12.8 Å². The molecule has 0 radical (unpaired) electrons. The number of rotatable bonds is 2. The number of halogens is 1. The SMILES string of the molecule is CC(C)(C)C1CCC(NC(=O)c2ccc(Br)cc2)CC1. The summed E-state index contributed by atoms with van der Waals surface area (Å²) in [6.45, 7) is 6.95. The van der Waals surface area contributed by atoms with Crippen LogP contribution in [0.15, 0.2) is 28.7 Å². The molecule has 0 atom stereocenters. The molecule has 20 heavy (non-hydrogen) atoms. The Morgan fingerprint density at radius 3 is 2.15 bits per heavy atom. The van der Waals surface area contributed by atoms with Crippen LogP contribution in [0.5, 0.6) is 0 Å². The van der Waals surface area contributed by atoms with Crippen LogP contribution in [0.3, 0.4) is 0 Å². The Kier molecular flexibility index (Phi) is 4.90. The molecule has 2 nitrogen and oxygen atoms in total. The molecule has 1 aromatic rings. The van der Waals surface area contributed by atoms with E-state index in [-0.39, 0.29) is 5.91 Å². The van der Waals surface area contributed by atoms with E-state index in [2.05, 4.69) is 42.0 Å². The van der Waals surface area contributed by atoms with E-state index in [1.54, 1.807) is 0 Å². The number of nitrogens with one attached hydrogen (secondary N) is 1. The van der Waals surface area contributed by atoms with Crippen molar-refractivity contribution in [1.82, 2.24) is 5.32 Å². The third kappa shape index (κ3) is 4.08. The second kappa shape index (κ2) is 6.30. The molecule has 0 heterocycles. The maximum atomic E-state index is 12.2. The molecular weight excluding hydrogens is 314 g/mol. The molecule has 0 aliphatic heterocycles. The predicted octanol–water partition coefficient (Wildman–Crippen LogP) is 4.78. The van der Waals surface area contributed by atoms with E-state index in [0.717, 1.165) is 28.8 Å². The first-order chi connectivity index (χ1) is 9.36. The summed E-state index contributed by atoms with van der Waals surface area (Å²) in [4.78, 5) is 12.2. The van der Waals surface area contributed by atoms with Gasteiger partial charge in [0.15, 0.2) is 0 Å². The summed E-state index contributed by atoms with van der Waals surface area (Å²) in [7, 11) is 0. The Morgan fingerprint density at radius 1 is 1.10 bits per heavy atom. The molecule has 3 heteroatoms. The third-order valence-corrected chi connectivity index (χ3v) is 4.92. The zero-order chi connectivity index (χ0) is 14.8. The smallest absolute Gasteiger partial charge is 0.251 e. The van der Waals surface area contributed by atoms with Crippen LogP contribution < -0.4 is 5.32 Å². The number of carbonyl (C=O) groups is 1. The minimum Gasteiger partial charge on any atom is -0.349 e. The molecule has 110 valence electrons. The lowest BCUT2D eigenvalue weighted by Crippen LogP contribution is -2.39. The van der Waals surface area contributed by atoms with Crippen LogP contribution in [0.2, 0.25) is 0 Å². The highest BCUT2D eigenvalue weighted by molar-refractivity contribution is 9.10. The topological polar surface area (TPSA) is 29.1 Å². The van der Waals surface area contributed by atoms with Crippen LogP contribution in [0, 0.1) is 11.3 Å². The van der Waals surface area contributed by atoms with E-state index in [4.69, 9.17) is 0 Å². The van der Waals surface area contributed by atoms with Gasteiger partial charge in [-0.3, -0.25) is 4.79 Å². The summed E-state index contributed by atoms with van der Waals surface area (Å²) in [6.07, 6.45) is 4.64. The molecule has 0 saturated heterocycles. The first-order valence-corrected chi connectivity index (χ1v) is 8.22. The predicted molar refractivity (Wildman–Crippen MR) is 86.8 cm³/mol. The molecule has 1 aromatic carbocycles. The van der Waals surface area contributed by atoms with Crippen molar-refractivity contribution in [3.8, 4) is 0 Å². The number of hydrogen-bond acceptors (Lipinski definition) is 1. The monoisotopic (exact) mass is 337 g/mol. The lowest BCUT2D eigenvalue weighted by atomic mass is 9.71. The molecule has 1 fully saturated rings. The molecular formula is C17H24BrNO. The quantitative estimate of drug-likeness (QED) is 0.826. The van der Waals surface area contributed by atoms with Crippen LogP contribution in [-0.4, -0.2) is 11.9 Å². The van der Waals surface area contributed by atoms with E-state index in [0.29, 0.717) is 11.5 Å². The highest BCUT2D eigenvalue weighted by atomic mass is 79.9. The van der Waals surface area contributed by atoms with Gasteiger partial charge < -0.3 is 5.32 Å². The molecule has 0 aromatic heterocycles. The number of benzene rings is 1. The van der Waals surface area contributed by atoms with Crippen molar-refractivity contribution in [2.75, 3.05) is 0 Å². The summed E-state index contributed by atoms with van der Waals surface area (Å²) in [6, 6.07) is 7.88. The minimum atomic E-state index is 0.0525. The fraction of sp³-hybridized carbons (Fsp3) is 0.588. The Bertz CT molecular complexity index is 453. The van der Waals surface area contributed by atoms with Gasteiger partial charge in [-0.05, 0) is 61.3 Å². The maximum absolute atomic E-state index is 12.2. The number of carbonyl (C=O) groups excluding carboxylic acids is 1. The van der Waals surface area contributed by atoms with Crippen molar-refractivity contribution in [3.63, 3.8) is 0 Å². The molecule has 0 bridgehead atoms. The van der Waals surface area contributed by atoms with E-state index >= 15 is 0 Å². The molecule has 0 unspecified atom stereocenters. The normalized spacial score (nSPS) is 23.4. The van der Waals surface area contributed by atoms with Crippen molar-refractivity contribution in [2.24, 2.45) is 11.3 Å². The molecule has 1 N–H and O–H groups in total. The van der Waals surface area contributed by atoms with E-state index < -0.39 is 0 Å². The largest absolute Gasteiger partial charge is 0.349 e. The van der Waals surface area contributed by atoms with Gasteiger partial charge in [0.25, 0.3) is 5.91 Å². The van der Waals surface area contributed by atoms with Gasteiger partial charge in [-0.15, -0.1) is 0 Å². The average molecular weight is 338 g/mol. The molecule has 2 rings (SSSR count). The summed E-state index contributed by atoms with van der Waals surface area (Å²) >= 11 is 3.39. The summed E-state index contributed by atoms with van der Waals surface area (Å²) in [5.74, 6) is 0.833. The Labute approximate surface area is 130 Å². The van der Waals surface area contributed by atoms with Crippen molar-refractivity contribution in [1.29, 1.82) is 0 Å². The fourth-order valence-electron chi connectivity index (χ4n) is 2.97. The first-order valence-electron chi connectivity index (χ1n) is 7.42. The van der Waals surface area contributed by atoms with Crippen LogP contribution >= 0.6 is 15.9 Å². The highest BCUT2D eigenvalue weighted by Crippen LogP contribution is 2.37. The lowest BCUT2D eigenvalue weighted by Gasteiger charge is -2.37. The van der Waals surface area contributed by atoms with Gasteiger partial charge in [-0.25, -0.2) is 0 Å². The number of amides is 1. The zero-order valence-corrected chi connectivity index (χ0v) is 14.2. The van der Waals surface area contributed by atoms with Crippen molar-refractivity contribution >= 4 is 21.8 Å². The molecule has 1 aliphatic carbocycles.